The van der Waals surface area contributed by atoms with Crippen molar-refractivity contribution in [2.24, 2.45) is 5.16 Å². The van der Waals surface area contributed by atoms with Gasteiger partial charge in [-0.05, 0) is 23.8 Å². The Labute approximate surface area is 133 Å². The first-order valence-electron chi connectivity index (χ1n) is 6.18. The van der Waals surface area contributed by atoms with Gasteiger partial charge >= 0.3 is 6.36 Å². The van der Waals surface area contributed by atoms with Crippen LogP contribution >= 0.6 is 15.9 Å². The average Bonchev–Trinajstić information content (AvgIpc) is 2.45. The topological polar surface area (TPSA) is 30.8 Å². The van der Waals surface area contributed by atoms with E-state index < -0.39 is 6.36 Å². The molecule has 22 heavy (non-hydrogen) atoms. The number of alkyl halides is 3. The van der Waals surface area contributed by atoms with Crippen LogP contribution in [0, 0.1) is 0 Å². The van der Waals surface area contributed by atoms with E-state index >= 15 is 0 Å². The van der Waals surface area contributed by atoms with Crippen molar-refractivity contribution in [3.05, 3.63) is 64.1 Å². The third kappa shape index (κ3) is 5.40. The van der Waals surface area contributed by atoms with E-state index in [2.05, 4.69) is 25.8 Å². The second kappa shape index (κ2) is 7.31. The van der Waals surface area contributed by atoms with Gasteiger partial charge < -0.3 is 9.57 Å². The van der Waals surface area contributed by atoms with Gasteiger partial charge in [0.15, 0.2) is 0 Å². The molecule has 2 aromatic rings. The predicted molar refractivity (Wildman–Crippen MR) is 79.7 cm³/mol. The lowest BCUT2D eigenvalue weighted by Crippen LogP contribution is -2.17. The molecule has 0 unspecified atom stereocenters. The fraction of sp³-hybridized carbons (Fsp3) is 0.133. The first-order valence-corrected chi connectivity index (χ1v) is 6.98. The zero-order chi connectivity index (χ0) is 16.0. The number of nitrogens with zero attached hydrogens (tertiary/aromatic N) is 1. The smallest absolute Gasteiger partial charge is 0.406 e. The SMILES string of the molecule is FC(F)(F)Oc1ccc(CON=Cc2ccccc2Br)cc1. The van der Waals surface area contributed by atoms with Gasteiger partial charge in [-0.15, -0.1) is 13.2 Å². The van der Waals surface area contributed by atoms with E-state index in [1.807, 2.05) is 24.3 Å². The van der Waals surface area contributed by atoms with Gasteiger partial charge in [0.2, 0.25) is 0 Å². The fourth-order valence-electron chi connectivity index (χ4n) is 1.57. The zero-order valence-electron chi connectivity index (χ0n) is 11.2. The number of rotatable bonds is 5. The molecule has 0 saturated heterocycles. The molecule has 0 aliphatic heterocycles. The Bertz CT molecular complexity index is 642. The zero-order valence-corrected chi connectivity index (χ0v) is 12.8. The first kappa shape index (κ1) is 16.4. The van der Waals surface area contributed by atoms with E-state index in [1.54, 1.807) is 6.21 Å². The Kier molecular flexibility index (Phi) is 5.43. The average molecular weight is 374 g/mol. The number of ether oxygens (including phenoxy) is 1. The van der Waals surface area contributed by atoms with Gasteiger partial charge in [-0.25, -0.2) is 0 Å². The van der Waals surface area contributed by atoms with Crippen LogP contribution < -0.4 is 4.74 Å². The van der Waals surface area contributed by atoms with Crippen LogP contribution in [0.2, 0.25) is 0 Å². The summed E-state index contributed by atoms with van der Waals surface area (Å²) in [5.41, 5.74) is 1.54. The lowest BCUT2D eigenvalue weighted by atomic mass is 10.2. The highest BCUT2D eigenvalue weighted by Crippen LogP contribution is 2.22. The van der Waals surface area contributed by atoms with Crippen LogP contribution in [0.25, 0.3) is 0 Å². The summed E-state index contributed by atoms with van der Waals surface area (Å²) < 4.78 is 40.7. The number of benzene rings is 2. The maximum absolute atomic E-state index is 12.0. The first-order chi connectivity index (χ1) is 10.4. The van der Waals surface area contributed by atoms with E-state index in [0.29, 0.717) is 5.56 Å². The monoisotopic (exact) mass is 373 g/mol. The molecule has 0 N–H and O–H groups in total. The van der Waals surface area contributed by atoms with Crippen LogP contribution in [-0.4, -0.2) is 12.6 Å². The summed E-state index contributed by atoms with van der Waals surface area (Å²) >= 11 is 3.37. The summed E-state index contributed by atoms with van der Waals surface area (Å²) in [6.07, 6.45) is -3.14. The van der Waals surface area contributed by atoms with Crippen molar-refractivity contribution in [1.82, 2.24) is 0 Å². The highest BCUT2D eigenvalue weighted by molar-refractivity contribution is 9.10. The molecule has 0 radical (unpaired) electrons. The quantitative estimate of drug-likeness (QED) is 0.551. The number of hydrogen-bond donors (Lipinski definition) is 0. The number of halogens is 4. The Morgan fingerprint density at radius 3 is 2.36 bits per heavy atom. The normalized spacial score (nSPS) is 11.6. The molecule has 3 nitrogen and oxygen atoms in total. The molecule has 2 rings (SSSR count). The van der Waals surface area contributed by atoms with Gasteiger partial charge in [-0.3, -0.25) is 0 Å². The molecule has 0 amide bonds. The largest absolute Gasteiger partial charge is 0.573 e. The fourth-order valence-corrected chi connectivity index (χ4v) is 1.96. The molecule has 0 aromatic heterocycles. The van der Waals surface area contributed by atoms with Gasteiger partial charge in [-0.1, -0.05) is 51.4 Å². The van der Waals surface area contributed by atoms with Crippen molar-refractivity contribution >= 4 is 22.1 Å². The standard InChI is InChI=1S/C15H11BrF3NO2/c16-14-4-2-1-3-12(14)9-20-21-10-11-5-7-13(8-6-11)22-15(17,18)19/h1-9H,10H2. The minimum atomic E-state index is -4.69. The van der Waals surface area contributed by atoms with Crippen LogP contribution in [0.3, 0.4) is 0 Å². The van der Waals surface area contributed by atoms with Crippen LogP contribution in [-0.2, 0) is 11.4 Å². The summed E-state index contributed by atoms with van der Waals surface area (Å²) in [6.45, 7) is 0.146. The molecule has 0 atom stereocenters. The Morgan fingerprint density at radius 2 is 1.73 bits per heavy atom. The molecule has 116 valence electrons. The van der Waals surface area contributed by atoms with E-state index in [0.717, 1.165) is 10.0 Å². The summed E-state index contributed by atoms with van der Waals surface area (Å²) in [6, 6.07) is 12.9. The van der Waals surface area contributed by atoms with E-state index in [-0.39, 0.29) is 12.4 Å². The number of hydrogen-bond acceptors (Lipinski definition) is 3. The molecule has 2 aromatic carbocycles. The second-order valence-corrected chi connectivity index (χ2v) is 5.08. The van der Waals surface area contributed by atoms with Gasteiger partial charge in [0.05, 0.1) is 6.21 Å². The number of oxime groups is 1. The van der Waals surface area contributed by atoms with Gasteiger partial charge in [0.25, 0.3) is 0 Å². The van der Waals surface area contributed by atoms with Crippen molar-refractivity contribution in [2.75, 3.05) is 0 Å². The highest BCUT2D eigenvalue weighted by atomic mass is 79.9. The maximum Gasteiger partial charge on any atom is 0.573 e. The molecule has 0 bridgehead atoms. The molecule has 0 aliphatic carbocycles. The van der Waals surface area contributed by atoms with Gasteiger partial charge in [0.1, 0.15) is 12.4 Å². The summed E-state index contributed by atoms with van der Waals surface area (Å²) in [5, 5.41) is 3.81. The molecular formula is C15H11BrF3NO2. The molecule has 7 heteroatoms. The molecule has 0 aliphatic rings. The van der Waals surface area contributed by atoms with E-state index in [1.165, 1.54) is 24.3 Å². The minimum Gasteiger partial charge on any atom is -0.406 e. The molecule has 0 spiro atoms. The maximum atomic E-state index is 12.0. The van der Waals surface area contributed by atoms with Crippen LogP contribution in [0.15, 0.2) is 58.2 Å². The van der Waals surface area contributed by atoms with Crippen LogP contribution in [0.4, 0.5) is 13.2 Å². The second-order valence-electron chi connectivity index (χ2n) is 4.22. The van der Waals surface area contributed by atoms with Crippen molar-refractivity contribution < 1.29 is 22.7 Å². The summed E-state index contributed by atoms with van der Waals surface area (Å²) in [4.78, 5) is 5.10. The Morgan fingerprint density at radius 1 is 1.05 bits per heavy atom. The van der Waals surface area contributed by atoms with Crippen molar-refractivity contribution in [3.63, 3.8) is 0 Å². The third-order valence-electron chi connectivity index (χ3n) is 2.56. The van der Waals surface area contributed by atoms with E-state index in [4.69, 9.17) is 4.84 Å². The van der Waals surface area contributed by atoms with Crippen molar-refractivity contribution in [3.8, 4) is 5.75 Å². The van der Waals surface area contributed by atoms with Gasteiger partial charge in [0, 0.05) is 10.0 Å². The lowest BCUT2D eigenvalue weighted by molar-refractivity contribution is -0.274. The third-order valence-corrected chi connectivity index (χ3v) is 3.28. The molecule has 0 saturated carbocycles. The van der Waals surface area contributed by atoms with Crippen molar-refractivity contribution in [1.29, 1.82) is 0 Å². The van der Waals surface area contributed by atoms with Crippen LogP contribution in [0.5, 0.6) is 5.75 Å². The Balaban J connectivity index is 1.86. The highest BCUT2D eigenvalue weighted by Gasteiger charge is 2.30. The lowest BCUT2D eigenvalue weighted by Gasteiger charge is -2.08. The van der Waals surface area contributed by atoms with Crippen LogP contribution in [0.1, 0.15) is 11.1 Å². The molecule has 0 heterocycles. The van der Waals surface area contributed by atoms with Gasteiger partial charge in [-0.2, -0.15) is 0 Å². The minimum absolute atomic E-state index is 0.146. The molecule has 0 fully saturated rings. The predicted octanol–water partition coefficient (Wildman–Crippen LogP) is 4.90. The van der Waals surface area contributed by atoms with E-state index in [9.17, 15) is 13.2 Å². The molecular weight excluding hydrogens is 363 g/mol. The van der Waals surface area contributed by atoms with Crippen molar-refractivity contribution in [2.45, 2.75) is 13.0 Å². The summed E-state index contributed by atoms with van der Waals surface area (Å²) in [5.74, 6) is -0.270. The Hall–Kier alpha value is -2.02. The summed E-state index contributed by atoms with van der Waals surface area (Å²) in [7, 11) is 0.